The zero-order valence-corrected chi connectivity index (χ0v) is 10.1. The monoisotopic (exact) mass is 252 g/mol. The van der Waals surface area contributed by atoms with Crippen molar-refractivity contribution >= 4 is 5.91 Å². The molecule has 18 heavy (non-hydrogen) atoms. The van der Waals surface area contributed by atoms with Gasteiger partial charge >= 0.3 is 0 Å². The Bertz CT molecular complexity index is 436. The number of carbonyl (C=O) groups excluding carboxylic acids is 1. The van der Waals surface area contributed by atoms with Crippen molar-refractivity contribution < 1.29 is 19.1 Å². The van der Waals surface area contributed by atoms with Crippen LogP contribution in [0.4, 0.5) is 0 Å². The molecule has 0 saturated carbocycles. The Balaban J connectivity index is 2.08. The third kappa shape index (κ3) is 2.91. The number of nitrogens with two attached hydrogens (primary N) is 1. The van der Waals surface area contributed by atoms with Gasteiger partial charge in [0.2, 0.25) is 5.91 Å². The van der Waals surface area contributed by atoms with E-state index in [9.17, 15) is 4.79 Å². The summed E-state index contributed by atoms with van der Waals surface area (Å²) in [6.07, 6.45) is 0.749. The van der Waals surface area contributed by atoms with E-state index in [4.69, 9.17) is 20.0 Å². The van der Waals surface area contributed by atoms with Crippen molar-refractivity contribution in [1.82, 2.24) is 5.48 Å². The fourth-order valence-electron chi connectivity index (χ4n) is 1.84. The maximum atomic E-state index is 10.6. The Morgan fingerprint density at radius 3 is 3.17 bits per heavy atom. The highest BCUT2D eigenvalue weighted by atomic mass is 16.6. The van der Waals surface area contributed by atoms with Crippen LogP contribution in [0.1, 0.15) is 18.0 Å². The van der Waals surface area contributed by atoms with Crippen LogP contribution in [0.5, 0.6) is 11.5 Å². The van der Waals surface area contributed by atoms with Crippen LogP contribution >= 0.6 is 0 Å². The summed E-state index contributed by atoms with van der Waals surface area (Å²) >= 11 is 0. The van der Waals surface area contributed by atoms with Gasteiger partial charge in [-0.25, -0.2) is 0 Å². The molecule has 0 spiro atoms. The zero-order chi connectivity index (χ0) is 13.0. The summed E-state index contributed by atoms with van der Waals surface area (Å²) in [6.45, 7) is 0.438. The number of fused-ring (bicyclic) bond motifs is 1. The summed E-state index contributed by atoms with van der Waals surface area (Å²) in [4.78, 5) is 15.6. The molecule has 0 fully saturated rings. The highest BCUT2D eigenvalue weighted by Crippen LogP contribution is 2.34. The fraction of sp³-hybridized carbons (Fsp3) is 0.417. The van der Waals surface area contributed by atoms with Crippen LogP contribution in [-0.2, 0) is 9.63 Å². The van der Waals surface area contributed by atoms with E-state index in [0.29, 0.717) is 6.61 Å². The SMILES string of the molecule is COc1ccc2c(c1)C(NOCC(N)=O)CCO2. The van der Waals surface area contributed by atoms with Crippen molar-refractivity contribution in [3.63, 3.8) is 0 Å². The number of carbonyl (C=O) groups is 1. The maximum absolute atomic E-state index is 10.6. The van der Waals surface area contributed by atoms with Crippen LogP contribution in [0.15, 0.2) is 18.2 Å². The van der Waals surface area contributed by atoms with Gasteiger partial charge in [0.25, 0.3) is 0 Å². The molecular formula is C12H16N2O4. The molecule has 3 N–H and O–H groups in total. The summed E-state index contributed by atoms with van der Waals surface area (Å²) < 4.78 is 10.7. The molecule has 6 heteroatoms. The first-order valence-corrected chi connectivity index (χ1v) is 5.67. The molecule has 1 atom stereocenters. The molecule has 2 rings (SSSR count). The third-order valence-electron chi connectivity index (χ3n) is 2.70. The van der Waals surface area contributed by atoms with E-state index in [1.165, 1.54) is 0 Å². The first kappa shape index (κ1) is 12.7. The molecule has 1 aliphatic heterocycles. The summed E-state index contributed by atoms with van der Waals surface area (Å²) in [5, 5.41) is 0. The molecule has 1 unspecified atom stereocenters. The smallest absolute Gasteiger partial charge is 0.245 e. The van der Waals surface area contributed by atoms with Crippen molar-refractivity contribution in [1.29, 1.82) is 0 Å². The number of methoxy groups -OCH3 is 1. The molecule has 1 aromatic carbocycles. The molecule has 0 saturated heterocycles. The zero-order valence-electron chi connectivity index (χ0n) is 10.1. The second-order valence-electron chi connectivity index (χ2n) is 3.97. The molecule has 1 aromatic rings. The second-order valence-corrected chi connectivity index (χ2v) is 3.97. The number of hydrogen-bond donors (Lipinski definition) is 2. The van der Waals surface area contributed by atoms with E-state index in [1.54, 1.807) is 7.11 Å². The van der Waals surface area contributed by atoms with Crippen LogP contribution in [0.25, 0.3) is 0 Å². The Kier molecular flexibility index (Phi) is 4.01. The van der Waals surface area contributed by atoms with Crippen LogP contribution in [0.3, 0.4) is 0 Å². The van der Waals surface area contributed by atoms with E-state index in [0.717, 1.165) is 23.5 Å². The van der Waals surface area contributed by atoms with Gasteiger partial charge in [0.1, 0.15) is 18.1 Å². The van der Waals surface area contributed by atoms with Gasteiger partial charge in [-0.1, -0.05) is 0 Å². The summed E-state index contributed by atoms with van der Waals surface area (Å²) in [7, 11) is 1.61. The standard InChI is InChI=1S/C12H16N2O4/c1-16-8-2-3-11-9(6-8)10(4-5-17-11)14-18-7-12(13)15/h2-3,6,10,14H,4-5,7H2,1H3,(H2,13,15). The average Bonchev–Trinajstić information content (AvgIpc) is 2.38. The van der Waals surface area contributed by atoms with E-state index in [1.807, 2.05) is 18.2 Å². The Morgan fingerprint density at radius 1 is 1.61 bits per heavy atom. The van der Waals surface area contributed by atoms with E-state index < -0.39 is 5.91 Å². The summed E-state index contributed by atoms with van der Waals surface area (Å²) in [6, 6.07) is 5.55. The molecule has 98 valence electrons. The third-order valence-corrected chi connectivity index (χ3v) is 2.70. The molecule has 6 nitrogen and oxygen atoms in total. The van der Waals surface area contributed by atoms with Crippen LogP contribution in [0.2, 0.25) is 0 Å². The Labute approximate surface area is 105 Å². The van der Waals surface area contributed by atoms with E-state index in [-0.39, 0.29) is 12.6 Å². The molecule has 0 aromatic heterocycles. The number of hydroxylamine groups is 1. The fourth-order valence-corrected chi connectivity index (χ4v) is 1.84. The molecule has 1 heterocycles. The number of primary amides is 1. The van der Waals surface area contributed by atoms with E-state index in [2.05, 4.69) is 5.48 Å². The summed E-state index contributed by atoms with van der Waals surface area (Å²) in [5.41, 5.74) is 8.77. The van der Waals surface area contributed by atoms with Crippen molar-refractivity contribution in [2.24, 2.45) is 5.73 Å². The lowest BCUT2D eigenvalue weighted by atomic mass is 10.0. The highest BCUT2D eigenvalue weighted by Gasteiger charge is 2.22. The van der Waals surface area contributed by atoms with Crippen molar-refractivity contribution in [3.05, 3.63) is 23.8 Å². The molecule has 0 aliphatic carbocycles. The lowest BCUT2D eigenvalue weighted by Gasteiger charge is -2.26. The average molecular weight is 252 g/mol. The van der Waals surface area contributed by atoms with Gasteiger partial charge in [0, 0.05) is 12.0 Å². The van der Waals surface area contributed by atoms with Gasteiger partial charge in [-0.2, -0.15) is 5.48 Å². The minimum Gasteiger partial charge on any atom is -0.497 e. The number of amides is 1. The quantitative estimate of drug-likeness (QED) is 0.747. The predicted octanol–water partition coefficient (Wildman–Crippen LogP) is 0.525. The first-order chi connectivity index (χ1) is 8.70. The van der Waals surface area contributed by atoms with Crippen LogP contribution in [-0.4, -0.2) is 26.2 Å². The summed E-state index contributed by atoms with van der Waals surface area (Å²) in [5.74, 6) is 1.03. The number of benzene rings is 1. The Hall–Kier alpha value is -1.79. The number of hydrogen-bond acceptors (Lipinski definition) is 5. The predicted molar refractivity (Wildman–Crippen MR) is 64.1 cm³/mol. The van der Waals surface area contributed by atoms with Gasteiger partial charge in [0.05, 0.1) is 19.8 Å². The van der Waals surface area contributed by atoms with Crippen LogP contribution < -0.4 is 20.7 Å². The lowest BCUT2D eigenvalue weighted by Crippen LogP contribution is -2.30. The normalized spacial score (nSPS) is 17.7. The minimum absolute atomic E-state index is 0.0387. The maximum Gasteiger partial charge on any atom is 0.245 e. The van der Waals surface area contributed by atoms with Crippen molar-refractivity contribution in [2.75, 3.05) is 20.3 Å². The van der Waals surface area contributed by atoms with Gasteiger partial charge in [-0.3, -0.25) is 9.63 Å². The van der Waals surface area contributed by atoms with Gasteiger partial charge < -0.3 is 15.2 Å². The van der Waals surface area contributed by atoms with Crippen molar-refractivity contribution in [3.8, 4) is 11.5 Å². The topological polar surface area (TPSA) is 82.8 Å². The number of ether oxygens (including phenoxy) is 2. The van der Waals surface area contributed by atoms with Crippen LogP contribution in [0, 0.1) is 0 Å². The molecule has 1 amide bonds. The Morgan fingerprint density at radius 2 is 2.44 bits per heavy atom. The molecular weight excluding hydrogens is 236 g/mol. The van der Waals surface area contributed by atoms with Crippen molar-refractivity contribution in [2.45, 2.75) is 12.5 Å². The molecule has 0 bridgehead atoms. The highest BCUT2D eigenvalue weighted by molar-refractivity contribution is 5.74. The van der Waals surface area contributed by atoms with E-state index >= 15 is 0 Å². The minimum atomic E-state index is -0.513. The second kappa shape index (κ2) is 5.70. The van der Waals surface area contributed by atoms with Gasteiger partial charge in [-0.05, 0) is 18.2 Å². The lowest BCUT2D eigenvalue weighted by molar-refractivity contribution is -0.126. The largest absolute Gasteiger partial charge is 0.497 e. The molecule has 0 radical (unpaired) electrons. The first-order valence-electron chi connectivity index (χ1n) is 5.67. The van der Waals surface area contributed by atoms with Gasteiger partial charge in [0.15, 0.2) is 0 Å². The molecule has 1 aliphatic rings. The number of rotatable bonds is 5. The van der Waals surface area contributed by atoms with Gasteiger partial charge in [-0.15, -0.1) is 0 Å². The number of nitrogens with one attached hydrogen (secondary N) is 1.